The first-order chi connectivity index (χ1) is 8.93. The van der Waals surface area contributed by atoms with Gasteiger partial charge in [0, 0.05) is 32.0 Å². The molecule has 8 heteroatoms. The second kappa shape index (κ2) is 6.93. The van der Waals surface area contributed by atoms with Gasteiger partial charge in [-0.25, -0.2) is 9.59 Å². The van der Waals surface area contributed by atoms with Crippen LogP contribution in [0.4, 0.5) is 4.79 Å². The summed E-state index contributed by atoms with van der Waals surface area (Å²) in [6.07, 6.45) is 0.563. The summed E-state index contributed by atoms with van der Waals surface area (Å²) in [5, 5.41) is 20.3. The van der Waals surface area contributed by atoms with Gasteiger partial charge in [-0.15, -0.1) is 0 Å². The lowest BCUT2D eigenvalue weighted by Crippen LogP contribution is -2.47. The van der Waals surface area contributed by atoms with Gasteiger partial charge in [0.05, 0.1) is 0 Å². The lowest BCUT2D eigenvalue weighted by Gasteiger charge is -2.20. The van der Waals surface area contributed by atoms with E-state index in [1.807, 2.05) is 0 Å². The number of primary amides is 1. The molecule has 2 atom stereocenters. The van der Waals surface area contributed by atoms with Gasteiger partial charge in [-0.05, 0) is 12.8 Å². The highest BCUT2D eigenvalue weighted by Gasteiger charge is 2.28. The minimum Gasteiger partial charge on any atom is -0.480 e. The first-order valence-corrected chi connectivity index (χ1v) is 6.11. The van der Waals surface area contributed by atoms with Crippen molar-refractivity contribution in [2.75, 3.05) is 19.7 Å². The number of aliphatic hydroxyl groups excluding tert-OH is 1. The lowest BCUT2D eigenvalue weighted by atomic mass is 10.1. The minimum atomic E-state index is -1.20. The van der Waals surface area contributed by atoms with Gasteiger partial charge >= 0.3 is 12.0 Å². The molecule has 1 fully saturated rings. The molecule has 108 valence electrons. The van der Waals surface area contributed by atoms with E-state index < -0.39 is 23.9 Å². The number of rotatable bonds is 6. The molecule has 0 radical (unpaired) electrons. The molecule has 2 unspecified atom stereocenters. The number of amides is 3. The Balaban J connectivity index is 2.47. The molecular weight excluding hydrogens is 254 g/mol. The topological polar surface area (TPSA) is 133 Å². The Bertz CT molecular complexity index is 360. The molecule has 1 saturated heterocycles. The predicted molar refractivity (Wildman–Crippen MR) is 65.1 cm³/mol. The van der Waals surface area contributed by atoms with E-state index in [1.54, 1.807) is 0 Å². The Morgan fingerprint density at radius 3 is 2.58 bits per heavy atom. The summed E-state index contributed by atoms with van der Waals surface area (Å²) >= 11 is 0. The van der Waals surface area contributed by atoms with Crippen LogP contribution in [0, 0.1) is 5.92 Å². The van der Waals surface area contributed by atoms with Gasteiger partial charge in [-0.1, -0.05) is 0 Å². The van der Waals surface area contributed by atoms with Gasteiger partial charge in [0.15, 0.2) is 0 Å². The zero-order valence-electron chi connectivity index (χ0n) is 10.5. The van der Waals surface area contributed by atoms with Crippen LogP contribution in [0.5, 0.6) is 0 Å². The average molecular weight is 273 g/mol. The highest BCUT2D eigenvalue weighted by molar-refractivity contribution is 5.83. The van der Waals surface area contributed by atoms with E-state index in [-0.39, 0.29) is 25.4 Å². The molecule has 0 aromatic heterocycles. The normalized spacial score (nSPS) is 20.1. The SMILES string of the molecule is NC(=O)CCC(NC(=O)N1CCC(CO)C1)C(=O)O. The Morgan fingerprint density at radius 1 is 1.42 bits per heavy atom. The molecular formula is C11H19N3O5. The van der Waals surface area contributed by atoms with Crippen molar-refractivity contribution in [2.24, 2.45) is 11.7 Å². The summed E-state index contributed by atoms with van der Waals surface area (Å²) in [6.45, 7) is 0.900. The lowest BCUT2D eigenvalue weighted by molar-refractivity contribution is -0.139. The third-order valence-corrected chi connectivity index (χ3v) is 3.11. The molecule has 0 spiro atoms. The molecule has 0 saturated carbocycles. The number of carboxylic acid groups (broad SMARTS) is 1. The number of carboxylic acids is 1. The van der Waals surface area contributed by atoms with Crippen LogP contribution < -0.4 is 11.1 Å². The third-order valence-electron chi connectivity index (χ3n) is 3.11. The predicted octanol–water partition coefficient (Wildman–Crippen LogP) is -1.27. The summed E-state index contributed by atoms with van der Waals surface area (Å²) in [7, 11) is 0. The number of hydrogen-bond acceptors (Lipinski definition) is 4. The number of nitrogens with one attached hydrogen (secondary N) is 1. The van der Waals surface area contributed by atoms with Crippen molar-refractivity contribution in [3.8, 4) is 0 Å². The second-order valence-electron chi connectivity index (χ2n) is 4.63. The number of carbonyl (C=O) groups is 3. The van der Waals surface area contributed by atoms with Gasteiger partial charge in [0.1, 0.15) is 6.04 Å². The average Bonchev–Trinajstić information content (AvgIpc) is 2.82. The van der Waals surface area contributed by atoms with Crippen molar-refractivity contribution in [3.05, 3.63) is 0 Å². The summed E-state index contributed by atoms with van der Waals surface area (Å²) in [4.78, 5) is 34.9. The fourth-order valence-corrected chi connectivity index (χ4v) is 1.95. The number of likely N-dealkylation sites (tertiary alicyclic amines) is 1. The minimum absolute atomic E-state index is 0.00775. The zero-order chi connectivity index (χ0) is 14.4. The monoisotopic (exact) mass is 273 g/mol. The summed E-state index contributed by atoms with van der Waals surface area (Å²) < 4.78 is 0. The highest BCUT2D eigenvalue weighted by atomic mass is 16.4. The van der Waals surface area contributed by atoms with Crippen molar-refractivity contribution in [1.82, 2.24) is 10.2 Å². The first kappa shape index (κ1) is 15.2. The van der Waals surface area contributed by atoms with Crippen LogP contribution in [0.3, 0.4) is 0 Å². The van der Waals surface area contributed by atoms with Gasteiger partial charge in [0.25, 0.3) is 0 Å². The quantitative estimate of drug-likeness (QED) is 0.479. The molecule has 3 amide bonds. The number of aliphatic carboxylic acids is 1. The fraction of sp³-hybridized carbons (Fsp3) is 0.727. The van der Waals surface area contributed by atoms with Crippen molar-refractivity contribution in [3.63, 3.8) is 0 Å². The van der Waals surface area contributed by atoms with E-state index in [0.717, 1.165) is 0 Å². The van der Waals surface area contributed by atoms with E-state index in [9.17, 15) is 14.4 Å². The molecule has 1 aliphatic heterocycles. The molecule has 5 N–H and O–H groups in total. The largest absolute Gasteiger partial charge is 0.480 e. The standard InChI is InChI=1S/C11H19N3O5/c12-9(16)2-1-8(10(17)18)13-11(19)14-4-3-7(5-14)6-15/h7-8,15H,1-6H2,(H2,12,16)(H,13,19)(H,17,18). The van der Waals surface area contributed by atoms with Crippen LogP contribution >= 0.6 is 0 Å². The van der Waals surface area contributed by atoms with Gasteiger partial charge in [-0.3, -0.25) is 4.79 Å². The fourth-order valence-electron chi connectivity index (χ4n) is 1.95. The van der Waals surface area contributed by atoms with E-state index in [4.69, 9.17) is 15.9 Å². The number of hydrogen-bond donors (Lipinski definition) is 4. The van der Waals surface area contributed by atoms with Crippen molar-refractivity contribution >= 4 is 17.9 Å². The van der Waals surface area contributed by atoms with Crippen LogP contribution in [0.2, 0.25) is 0 Å². The first-order valence-electron chi connectivity index (χ1n) is 6.11. The maximum Gasteiger partial charge on any atom is 0.326 e. The Morgan fingerprint density at radius 2 is 2.11 bits per heavy atom. The molecule has 0 aromatic rings. The Hall–Kier alpha value is -1.83. The summed E-state index contributed by atoms with van der Waals surface area (Å²) in [5.41, 5.74) is 4.95. The second-order valence-corrected chi connectivity index (χ2v) is 4.63. The Kier molecular flexibility index (Phi) is 5.56. The maximum absolute atomic E-state index is 11.8. The van der Waals surface area contributed by atoms with Crippen LogP contribution in [0.25, 0.3) is 0 Å². The number of urea groups is 1. The molecule has 8 nitrogen and oxygen atoms in total. The van der Waals surface area contributed by atoms with Crippen molar-refractivity contribution < 1.29 is 24.6 Å². The van der Waals surface area contributed by atoms with Crippen LogP contribution in [0.15, 0.2) is 0 Å². The molecule has 19 heavy (non-hydrogen) atoms. The number of nitrogens with zero attached hydrogens (tertiary/aromatic N) is 1. The van der Waals surface area contributed by atoms with Crippen LogP contribution in [-0.2, 0) is 9.59 Å². The molecule has 1 heterocycles. The third kappa shape index (κ3) is 4.74. The number of aliphatic hydroxyl groups is 1. The van der Waals surface area contributed by atoms with Gasteiger partial charge < -0.3 is 26.2 Å². The zero-order valence-corrected chi connectivity index (χ0v) is 10.5. The van der Waals surface area contributed by atoms with E-state index in [1.165, 1.54) is 4.90 Å². The smallest absolute Gasteiger partial charge is 0.326 e. The van der Waals surface area contributed by atoms with Gasteiger partial charge in [0.2, 0.25) is 5.91 Å². The maximum atomic E-state index is 11.8. The highest BCUT2D eigenvalue weighted by Crippen LogP contribution is 2.15. The van der Waals surface area contributed by atoms with E-state index in [2.05, 4.69) is 5.32 Å². The molecule has 0 aromatic carbocycles. The number of nitrogens with two attached hydrogens (primary N) is 1. The van der Waals surface area contributed by atoms with Crippen LogP contribution in [-0.4, -0.2) is 58.8 Å². The summed E-state index contributed by atoms with van der Waals surface area (Å²) in [5.74, 6) is -1.77. The van der Waals surface area contributed by atoms with E-state index in [0.29, 0.717) is 19.5 Å². The van der Waals surface area contributed by atoms with Gasteiger partial charge in [-0.2, -0.15) is 0 Å². The molecule has 1 aliphatic rings. The van der Waals surface area contributed by atoms with Crippen LogP contribution in [0.1, 0.15) is 19.3 Å². The van der Waals surface area contributed by atoms with E-state index >= 15 is 0 Å². The Labute approximate surface area is 110 Å². The van der Waals surface area contributed by atoms with Crippen molar-refractivity contribution in [1.29, 1.82) is 0 Å². The molecule has 0 aliphatic carbocycles. The molecule has 1 rings (SSSR count). The number of carbonyl (C=O) groups excluding carboxylic acids is 2. The molecule has 0 bridgehead atoms. The summed E-state index contributed by atoms with van der Waals surface area (Å²) in [6, 6.07) is -1.62. The van der Waals surface area contributed by atoms with Crippen molar-refractivity contribution in [2.45, 2.75) is 25.3 Å².